The summed E-state index contributed by atoms with van der Waals surface area (Å²) in [4.78, 5) is 26.7. The average molecular weight is 443 g/mol. The molecule has 2 aromatic carbocycles. The highest BCUT2D eigenvalue weighted by Crippen LogP contribution is 2.29. The van der Waals surface area contributed by atoms with E-state index in [2.05, 4.69) is 16.0 Å². The van der Waals surface area contributed by atoms with Crippen LogP contribution < -0.4 is 30.2 Å². The van der Waals surface area contributed by atoms with E-state index in [9.17, 15) is 9.59 Å². The molecule has 0 radical (unpaired) electrons. The number of carbonyl (C=O) groups is 2. The zero-order chi connectivity index (χ0) is 22.9. The fourth-order valence-electron chi connectivity index (χ4n) is 3.59. The Morgan fingerprint density at radius 3 is 2.28 bits per heavy atom. The number of nitrogens with one attached hydrogen (secondary N) is 3. The summed E-state index contributed by atoms with van der Waals surface area (Å²) in [5.41, 5.74) is 1.21. The summed E-state index contributed by atoms with van der Waals surface area (Å²) in [6.07, 6.45) is 1.62. The molecule has 3 rings (SSSR count). The molecular weight excluding hydrogens is 412 g/mol. The molecule has 1 heterocycles. The number of nitrogens with zero attached hydrogens (tertiary/aromatic N) is 1. The fourth-order valence-corrected chi connectivity index (χ4v) is 3.59. The molecule has 0 bridgehead atoms. The lowest BCUT2D eigenvalue weighted by Crippen LogP contribution is -2.43. The summed E-state index contributed by atoms with van der Waals surface area (Å²) in [5.74, 6) is 2.09. The van der Waals surface area contributed by atoms with Gasteiger partial charge in [0.15, 0.2) is 0 Å². The van der Waals surface area contributed by atoms with E-state index >= 15 is 0 Å². The van der Waals surface area contributed by atoms with E-state index < -0.39 is 0 Å². The number of hydrogen-bond donors (Lipinski definition) is 3. The molecule has 3 N–H and O–H groups in total. The van der Waals surface area contributed by atoms with Crippen molar-refractivity contribution in [2.75, 3.05) is 51.6 Å². The van der Waals surface area contributed by atoms with E-state index in [1.807, 2.05) is 18.2 Å². The zero-order valence-corrected chi connectivity index (χ0v) is 18.6. The topological polar surface area (TPSA) is 101 Å². The highest BCUT2D eigenvalue weighted by molar-refractivity contribution is 5.91. The summed E-state index contributed by atoms with van der Waals surface area (Å²) >= 11 is 0. The van der Waals surface area contributed by atoms with Crippen LogP contribution in [0.15, 0.2) is 42.5 Å². The van der Waals surface area contributed by atoms with Crippen LogP contribution in [0.5, 0.6) is 17.2 Å². The van der Waals surface area contributed by atoms with Crippen LogP contribution in [0, 0.1) is 5.92 Å². The Bertz CT molecular complexity index is 928. The van der Waals surface area contributed by atoms with Gasteiger partial charge in [0, 0.05) is 25.7 Å². The molecule has 4 amide bonds. The first-order valence-electron chi connectivity index (χ1n) is 10.5. The molecule has 0 aromatic heterocycles. The number of amides is 4. The van der Waals surface area contributed by atoms with E-state index in [0.717, 1.165) is 12.8 Å². The zero-order valence-electron chi connectivity index (χ0n) is 18.6. The molecule has 1 aliphatic heterocycles. The molecular formula is C23H30N4O5. The highest BCUT2D eigenvalue weighted by atomic mass is 16.5. The lowest BCUT2D eigenvalue weighted by Gasteiger charge is -2.32. The van der Waals surface area contributed by atoms with Crippen molar-refractivity contribution in [3.8, 4) is 17.2 Å². The van der Waals surface area contributed by atoms with Gasteiger partial charge in [0.05, 0.1) is 32.7 Å². The largest absolute Gasteiger partial charge is 0.497 e. The number of carbonyl (C=O) groups excluding carboxylic acids is 2. The second-order valence-electron chi connectivity index (χ2n) is 7.46. The first-order chi connectivity index (χ1) is 15.5. The van der Waals surface area contributed by atoms with Crippen LogP contribution in [-0.2, 0) is 0 Å². The van der Waals surface area contributed by atoms with E-state index in [4.69, 9.17) is 14.2 Å². The molecule has 9 nitrogen and oxygen atoms in total. The van der Waals surface area contributed by atoms with Gasteiger partial charge in [0.25, 0.3) is 0 Å². The van der Waals surface area contributed by atoms with Gasteiger partial charge < -0.3 is 35.1 Å². The van der Waals surface area contributed by atoms with Gasteiger partial charge in [-0.3, -0.25) is 0 Å². The van der Waals surface area contributed by atoms with Crippen molar-refractivity contribution in [1.29, 1.82) is 0 Å². The molecule has 172 valence electrons. The van der Waals surface area contributed by atoms with Gasteiger partial charge in [-0.15, -0.1) is 0 Å². The van der Waals surface area contributed by atoms with Gasteiger partial charge in [-0.2, -0.15) is 0 Å². The third-order valence-electron chi connectivity index (χ3n) is 5.46. The van der Waals surface area contributed by atoms with Crippen LogP contribution in [0.3, 0.4) is 0 Å². The molecule has 0 spiro atoms. The van der Waals surface area contributed by atoms with Gasteiger partial charge in [-0.05, 0) is 43.0 Å². The second kappa shape index (κ2) is 11.1. The Labute approximate surface area is 188 Å². The first-order valence-corrected chi connectivity index (χ1v) is 10.5. The molecule has 9 heteroatoms. The average Bonchev–Trinajstić information content (AvgIpc) is 2.83. The molecule has 0 aliphatic carbocycles. The second-order valence-corrected chi connectivity index (χ2v) is 7.46. The van der Waals surface area contributed by atoms with E-state index in [0.29, 0.717) is 54.2 Å². The van der Waals surface area contributed by atoms with Crippen LogP contribution >= 0.6 is 0 Å². The highest BCUT2D eigenvalue weighted by Gasteiger charge is 2.24. The number of urea groups is 2. The van der Waals surface area contributed by atoms with Crippen molar-refractivity contribution in [3.05, 3.63) is 42.5 Å². The van der Waals surface area contributed by atoms with Gasteiger partial charge in [-0.1, -0.05) is 12.1 Å². The predicted molar refractivity (Wildman–Crippen MR) is 123 cm³/mol. The quantitative estimate of drug-likeness (QED) is 0.606. The minimum atomic E-state index is -0.301. The minimum Gasteiger partial charge on any atom is -0.497 e. The number of methoxy groups -OCH3 is 3. The summed E-state index contributed by atoms with van der Waals surface area (Å²) in [7, 11) is 4.68. The first kappa shape index (κ1) is 23.1. The lowest BCUT2D eigenvalue weighted by atomic mass is 9.97. The van der Waals surface area contributed by atoms with Crippen LogP contribution in [0.4, 0.5) is 21.0 Å². The summed E-state index contributed by atoms with van der Waals surface area (Å²) < 4.78 is 15.7. The monoisotopic (exact) mass is 442 g/mol. The van der Waals surface area contributed by atoms with Crippen molar-refractivity contribution in [2.24, 2.45) is 5.92 Å². The van der Waals surface area contributed by atoms with Crippen molar-refractivity contribution in [2.45, 2.75) is 12.8 Å². The Hall–Kier alpha value is -3.62. The van der Waals surface area contributed by atoms with Crippen molar-refractivity contribution in [3.63, 3.8) is 0 Å². The van der Waals surface area contributed by atoms with Gasteiger partial charge in [0.2, 0.25) is 0 Å². The van der Waals surface area contributed by atoms with Crippen molar-refractivity contribution < 1.29 is 23.8 Å². The lowest BCUT2D eigenvalue weighted by molar-refractivity contribution is 0.181. The number of anilines is 2. The minimum absolute atomic E-state index is 0.148. The summed E-state index contributed by atoms with van der Waals surface area (Å²) in [6, 6.07) is 12.1. The van der Waals surface area contributed by atoms with E-state index in [1.54, 1.807) is 43.4 Å². The van der Waals surface area contributed by atoms with Crippen molar-refractivity contribution in [1.82, 2.24) is 10.2 Å². The van der Waals surface area contributed by atoms with Crippen LogP contribution in [0.2, 0.25) is 0 Å². The Balaban J connectivity index is 1.43. The predicted octanol–water partition coefficient (Wildman–Crippen LogP) is 3.78. The number of para-hydroxylation sites is 2. The van der Waals surface area contributed by atoms with Crippen LogP contribution in [0.1, 0.15) is 12.8 Å². The number of rotatable bonds is 7. The summed E-state index contributed by atoms with van der Waals surface area (Å²) in [6.45, 7) is 1.79. The molecule has 0 atom stereocenters. The fraction of sp³-hybridized carbons (Fsp3) is 0.391. The third kappa shape index (κ3) is 5.96. The van der Waals surface area contributed by atoms with Gasteiger partial charge in [0.1, 0.15) is 17.2 Å². The van der Waals surface area contributed by atoms with Gasteiger partial charge in [-0.25, -0.2) is 9.59 Å². The number of likely N-dealkylation sites (tertiary alicyclic amines) is 1. The normalized spacial score (nSPS) is 13.8. The Morgan fingerprint density at radius 2 is 1.59 bits per heavy atom. The Kier molecular flexibility index (Phi) is 8.02. The molecule has 1 saturated heterocycles. The SMILES string of the molecule is COc1ccc(NC(=O)NCC2CCN(C(=O)Nc3ccccc3OC)CC2)c(OC)c1. The van der Waals surface area contributed by atoms with E-state index in [-0.39, 0.29) is 12.1 Å². The van der Waals surface area contributed by atoms with Crippen LogP contribution in [0.25, 0.3) is 0 Å². The smallest absolute Gasteiger partial charge is 0.321 e. The molecule has 2 aromatic rings. The summed E-state index contributed by atoms with van der Waals surface area (Å²) in [5, 5.41) is 8.61. The molecule has 1 fully saturated rings. The maximum absolute atomic E-state index is 12.6. The van der Waals surface area contributed by atoms with Gasteiger partial charge >= 0.3 is 12.1 Å². The maximum atomic E-state index is 12.6. The maximum Gasteiger partial charge on any atom is 0.321 e. The number of piperidine rings is 1. The standard InChI is InChI=1S/C23H30N4O5/c1-30-17-8-9-19(21(14-17)32-3)25-22(28)24-15-16-10-12-27(13-11-16)23(29)26-18-6-4-5-7-20(18)31-2/h4-9,14,16H,10-13,15H2,1-3H3,(H,26,29)(H2,24,25,28). The number of hydrogen-bond acceptors (Lipinski definition) is 5. The third-order valence-corrected chi connectivity index (χ3v) is 5.46. The molecule has 1 aliphatic rings. The van der Waals surface area contributed by atoms with Crippen molar-refractivity contribution >= 4 is 23.4 Å². The van der Waals surface area contributed by atoms with E-state index in [1.165, 1.54) is 7.11 Å². The number of ether oxygens (including phenoxy) is 3. The number of benzene rings is 2. The molecule has 32 heavy (non-hydrogen) atoms. The molecule has 0 unspecified atom stereocenters. The van der Waals surface area contributed by atoms with Crippen LogP contribution in [-0.4, -0.2) is 57.9 Å². The Morgan fingerprint density at radius 1 is 0.906 bits per heavy atom. The molecule has 0 saturated carbocycles.